The lowest BCUT2D eigenvalue weighted by atomic mass is 10.00. The van der Waals surface area contributed by atoms with E-state index >= 15 is 0 Å². The summed E-state index contributed by atoms with van der Waals surface area (Å²) >= 11 is 0. The molecule has 0 aliphatic carbocycles. The summed E-state index contributed by atoms with van der Waals surface area (Å²) in [5, 5.41) is 16.6. The Morgan fingerprint density at radius 3 is 2.65 bits per heavy atom. The van der Waals surface area contributed by atoms with Crippen LogP contribution in [0, 0.1) is 5.92 Å². The average molecular weight is 361 g/mol. The van der Waals surface area contributed by atoms with E-state index in [2.05, 4.69) is 46.5 Å². The Bertz CT molecular complexity index is 532. The molecule has 1 saturated heterocycles. The first-order valence-corrected chi connectivity index (χ1v) is 9.98. The van der Waals surface area contributed by atoms with E-state index in [9.17, 15) is 5.11 Å². The number of rotatable bonds is 8. The zero-order chi connectivity index (χ0) is 18.8. The second kappa shape index (κ2) is 11.2. The Balaban J connectivity index is 1.83. The van der Waals surface area contributed by atoms with Crippen molar-refractivity contribution in [2.45, 2.75) is 45.1 Å². The van der Waals surface area contributed by atoms with Crippen molar-refractivity contribution in [2.75, 3.05) is 39.8 Å². The van der Waals surface area contributed by atoms with Crippen molar-refractivity contribution < 1.29 is 5.11 Å². The van der Waals surface area contributed by atoms with Gasteiger partial charge in [0.1, 0.15) is 0 Å². The molecule has 0 amide bonds. The van der Waals surface area contributed by atoms with E-state index < -0.39 is 0 Å². The second-order valence-corrected chi connectivity index (χ2v) is 7.66. The van der Waals surface area contributed by atoms with E-state index in [1.807, 2.05) is 18.2 Å². The quantitative estimate of drug-likeness (QED) is 0.492. The van der Waals surface area contributed by atoms with Crippen LogP contribution in [0.3, 0.4) is 0 Å². The number of hydrogen-bond acceptors (Lipinski definition) is 3. The topological polar surface area (TPSA) is 59.9 Å². The highest BCUT2D eigenvalue weighted by molar-refractivity contribution is 5.79. The molecule has 5 heteroatoms. The Labute approximate surface area is 158 Å². The van der Waals surface area contributed by atoms with Gasteiger partial charge in [0, 0.05) is 38.6 Å². The van der Waals surface area contributed by atoms with Gasteiger partial charge in [0.2, 0.25) is 0 Å². The molecule has 1 aromatic carbocycles. The third-order valence-electron chi connectivity index (χ3n) is 5.08. The SMILES string of the molecule is CN=C(NCC(CO)c1ccccc1)NCC1CCCCN1CC(C)C. The molecule has 3 N–H and O–H groups in total. The van der Waals surface area contributed by atoms with Crippen molar-refractivity contribution in [1.29, 1.82) is 0 Å². The van der Waals surface area contributed by atoms with Crippen molar-refractivity contribution in [3.05, 3.63) is 35.9 Å². The molecule has 26 heavy (non-hydrogen) atoms. The molecule has 146 valence electrons. The van der Waals surface area contributed by atoms with Crippen LogP contribution in [-0.4, -0.2) is 61.8 Å². The van der Waals surface area contributed by atoms with Gasteiger partial charge in [0.05, 0.1) is 6.61 Å². The molecule has 2 rings (SSSR count). The van der Waals surface area contributed by atoms with Crippen LogP contribution in [0.15, 0.2) is 35.3 Å². The summed E-state index contributed by atoms with van der Waals surface area (Å²) in [5.74, 6) is 1.58. The van der Waals surface area contributed by atoms with E-state index in [4.69, 9.17) is 0 Å². The van der Waals surface area contributed by atoms with Gasteiger partial charge >= 0.3 is 0 Å². The van der Waals surface area contributed by atoms with Gasteiger partial charge in [0.15, 0.2) is 5.96 Å². The van der Waals surface area contributed by atoms with E-state index in [-0.39, 0.29) is 12.5 Å². The molecular weight excluding hydrogens is 324 g/mol. The van der Waals surface area contributed by atoms with Crippen LogP contribution in [-0.2, 0) is 0 Å². The number of likely N-dealkylation sites (tertiary alicyclic amines) is 1. The van der Waals surface area contributed by atoms with Crippen LogP contribution in [0.2, 0.25) is 0 Å². The van der Waals surface area contributed by atoms with Gasteiger partial charge in [-0.05, 0) is 30.9 Å². The lowest BCUT2D eigenvalue weighted by molar-refractivity contribution is 0.133. The molecule has 2 atom stereocenters. The smallest absolute Gasteiger partial charge is 0.191 e. The fourth-order valence-electron chi connectivity index (χ4n) is 3.67. The highest BCUT2D eigenvalue weighted by Crippen LogP contribution is 2.18. The molecule has 0 saturated carbocycles. The first-order chi connectivity index (χ1) is 12.6. The maximum Gasteiger partial charge on any atom is 0.191 e. The highest BCUT2D eigenvalue weighted by atomic mass is 16.3. The van der Waals surface area contributed by atoms with Crippen LogP contribution < -0.4 is 10.6 Å². The van der Waals surface area contributed by atoms with E-state index in [0.29, 0.717) is 18.5 Å². The molecule has 0 spiro atoms. The largest absolute Gasteiger partial charge is 0.396 e. The van der Waals surface area contributed by atoms with E-state index in [1.54, 1.807) is 7.05 Å². The van der Waals surface area contributed by atoms with Crippen LogP contribution in [0.1, 0.15) is 44.6 Å². The minimum Gasteiger partial charge on any atom is -0.396 e. The van der Waals surface area contributed by atoms with Crippen molar-refractivity contribution in [3.63, 3.8) is 0 Å². The molecule has 0 bridgehead atoms. The number of aliphatic hydroxyl groups excluding tert-OH is 1. The number of hydrogen-bond donors (Lipinski definition) is 3. The zero-order valence-electron chi connectivity index (χ0n) is 16.6. The van der Waals surface area contributed by atoms with E-state index in [1.165, 1.54) is 32.4 Å². The van der Waals surface area contributed by atoms with Crippen LogP contribution >= 0.6 is 0 Å². The minimum atomic E-state index is 0.0712. The zero-order valence-corrected chi connectivity index (χ0v) is 16.6. The van der Waals surface area contributed by atoms with E-state index in [0.717, 1.165) is 18.1 Å². The van der Waals surface area contributed by atoms with Gasteiger partial charge in [-0.2, -0.15) is 0 Å². The first kappa shape index (κ1) is 20.7. The van der Waals surface area contributed by atoms with Gasteiger partial charge in [-0.15, -0.1) is 0 Å². The summed E-state index contributed by atoms with van der Waals surface area (Å²) in [6.45, 7) is 8.66. The average Bonchev–Trinajstić information content (AvgIpc) is 2.66. The molecule has 2 unspecified atom stereocenters. The summed E-state index contributed by atoms with van der Waals surface area (Å²) in [6.07, 6.45) is 3.87. The Kier molecular flexibility index (Phi) is 8.92. The minimum absolute atomic E-state index is 0.0712. The van der Waals surface area contributed by atoms with Gasteiger partial charge in [-0.3, -0.25) is 9.89 Å². The Morgan fingerprint density at radius 1 is 1.23 bits per heavy atom. The summed E-state index contributed by atoms with van der Waals surface area (Å²) in [5.41, 5.74) is 1.15. The highest BCUT2D eigenvalue weighted by Gasteiger charge is 2.23. The standard InChI is InChI=1S/C21H36N4O/c1-17(2)15-25-12-8-7-11-20(25)14-24-21(22-3)23-13-19(16-26)18-9-5-4-6-10-18/h4-6,9-10,17,19-20,26H,7-8,11-16H2,1-3H3,(H2,22,23,24). The number of guanidine groups is 1. The predicted molar refractivity (Wildman–Crippen MR) is 110 cm³/mol. The molecule has 0 radical (unpaired) electrons. The molecule has 1 aliphatic rings. The normalized spacial score (nSPS) is 20.2. The molecule has 0 aromatic heterocycles. The van der Waals surface area contributed by atoms with Crippen molar-refractivity contribution in [2.24, 2.45) is 10.9 Å². The second-order valence-electron chi connectivity index (χ2n) is 7.66. The number of aliphatic imine (C=N–C) groups is 1. The summed E-state index contributed by atoms with van der Waals surface area (Å²) in [4.78, 5) is 6.97. The third kappa shape index (κ3) is 6.61. The summed E-state index contributed by atoms with van der Waals surface area (Å²) in [7, 11) is 1.80. The number of nitrogens with zero attached hydrogens (tertiary/aromatic N) is 2. The molecule has 5 nitrogen and oxygen atoms in total. The number of piperidine rings is 1. The molecule has 1 heterocycles. The van der Waals surface area contributed by atoms with Gasteiger partial charge in [-0.25, -0.2) is 0 Å². The van der Waals surface area contributed by atoms with Gasteiger partial charge < -0.3 is 15.7 Å². The lowest BCUT2D eigenvalue weighted by Crippen LogP contribution is -2.50. The van der Waals surface area contributed by atoms with Gasteiger partial charge in [0.25, 0.3) is 0 Å². The maximum atomic E-state index is 9.71. The summed E-state index contributed by atoms with van der Waals surface area (Å²) < 4.78 is 0. The van der Waals surface area contributed by atoms with Crippen molar-refractivity contribution in [3.8, 4) is 0 Å². The molecule has 1 fully saturated rings. The van der Waals surface area contributed by atoms with Crippen molar-refractivity contribution in [1.82, 2.24) is 15.5 Å². The Hall–Kier alpha value is -1.59. The van der Waals surface area contributed by atoms with Crippen LogP contribution in [0.25, 0.3) is 0 Å². The number of aliphatic hydroxyl groups is 1. The molecule has 1 aromatic rings. The summed E-state index contributed by atoms with van der Waals surface area (Å²) in [6, 6.07) is 10.7. The molecular formula is C21H36N4O. The first-order valence-electron chi connectivity index (χ1n) is 9.98. The Morgan fingerprint density at radius 2 is 2.00 bits per heavy atom. The van der Waals surface area contributed by atoms with Gasteiger partial charge in [-0.1, -0.05) is 50.6 Å². The fourth-order valence-corrected chi connectivity index (χ4v) is 3.67. The maximum absolute atomic E-state index is 9.71. The predicted octanol–water partition coefficient (Wildman–Crippen LogP) is 2.44. The number of benzene rings is 1. The molecule has 1 aliphatic heterocycles. The number of nitrogens with one attached hydrogen (secondary N) is 2. The monoisotopic (exact) mass is 360 g/mol. The third-order valence-corrected chi connectivity index (χ3v) is 5.08. The van der Waals surface area contributed by atoms with Crippen LogP contribution in [0.4, 0.5) is 0 Å². The fraction of sp³-hybridized carbons (Fsp3) is 0.667. The lowest BCUT2D eigenvalue weighted by Gasteiger charge is -2.37. The van der Waals surface area contributed by atoms with Crippen molar-refractivity contribution >= 4 is 5.96 Å². The van der Waals surface area contributed by atoms with Crippen LogP contribution in [0.5, 0.6) is 0 Å².